The van der Waals surface area contributed by atoms with Crippen molar-refractivity contribution in [1.29, 1.82) is 0 Å². The van der Waals surface area contributed by atoms with Crippen molar-refractivity contribution in [2.45, 2.75) is 19.3 Å². The first-order valence-electron chi connectivity index (χ1n) is 7.66. The molecule has 1 aromatic carbocycles. The summed E-state index contributed by atoms with van der Waals surface area (Å²) in [5.41, 5.74) is 0.489. The quantitative estimate of drug-likeness (QED) is 0.858. The van der Waals surface area contributed by atoms with E-state index in [0.717, 1.165) is 31.1 Å². The van der Waals surface area contributed by atoms with Gasteiger partial charge >= 0.3 is 6.03 Å². The summed E-state index contributed by atoms with van der Waals surface area (Å²) >= 11 is 7.32. The second-order valence-electron chi connectivity index (χ2n) is 5.36. The molecule has 2 N–H and O–H groups in total. The zero-order valence-corrected chi connectivity index (χ0v) is 14.8. The van der Waals surface area contributed by atoms with Crippen molar-refractivity contribution in [1.82, 2.24) is 10.2 Å². The number of carbonyl (C=O) groups excluding carboxylic acids is 1. The van der Waals surface area contributed by atoms with Gasteiger partial charge in [0.1, 0.15) is 5.75 Å². The summed E-state index contributed by atoms with van der Waals surface area (Å²) in [4.78, 5) is 14.3. The number of anilines is 3. The Kier molecular flexibility index (Phi) is 5.37. The topological polar surface area (TPSA) is 79.4 Å². The van der Waals surface area contributed by atoms with Crippen molar-refractivity contribution in [3.63, 3.8) is 0 Å². The van der Waals surface area contributed by atoms with Gasteiger partial charge in [-0.3, -0.25) is 5.32 Å². The first-order valence-corrected chi connectivity index (χ1v) is 8.85. The number of rotatable bonds is 4. The summed E-state index contributed by atoms with van der Waals surface area (Å²) in [7, 11) is 1.53. The van der Waals surface area contributed by atoms with Gasteiger partial charge in [-0.25, -0.2) is 4.79 Å². The average molecular weight is 368 g/mol. The second kappa shape index (κ2) is 7.67. The highest BCUT2D eigenvalue weighted by Crippen LogP contribution is 2.29. The third-order valence-corrected chi connectivity index (χ3v) is 4.81. The molecule has 0 aliphatic carbocycles. The van der Waals surface area contributed by atoms with Crippen molar-refractivity contribution in [3.8, 4) is 5.75 Å². The molecule has 3 rings (SSSR count). The molecular formula is C15H18ClN5O2S. The molecule has 0 spiro atoms. The Morgan fingerprint density at radius 2 is 2.04 bits per heavy atom. The number of piperidine rings is 1. The van der Waals surface area contributed by atoms with Crippen LogP contribution in [0.25, 0.3) is 0 Å². The van der Waals surface area contributed by atoms with E-state index in [1.807, 2.05) is 0 Å². The molecule has 7 nitrogen and oxygen atoms in total. The van der Waals surface area contributed by atoms with Crippen LogP contribution in [-0.2, 0) is 0 Å². The van der Waals surface area contributed by atoms with Crippen LogP contribution in [0.4, 0.5) is 20.7 Å². The Morgan fingerprint density at radius 1 is 1.25 bits per heavy atom. The van der Waals surface area contributed by atoms with E-state index in [9.17, 15) is 4.79 Å². The van der Waals surface area contributed by atoms with Gasteiger partial charge in [-0.15, -0.1) is 10.2 Å². The molecule has 2 amide bonds. The lowest BCUT2D eigenvalue weighted by Gasteiger charge is -2.25. The van der Waals surface area contributed by atoms with Gasteiger partial charge in [-0.05, 0) is 37.5 Å². The van der Waals surface area contributed by atoms with E-state index in [0.29, 0.717) is 21.6 Å². The third kappa shape index (κ3) is 4.07. The van der Waals surface area contributed by atoms with Crippen LogP contribution < -0.4 is 20.3 Å². The van der Waals surface area contributed by atoms with Crippen molar-refractivity contribution < 1.29 is 9.53 Å². The van der Waals surface area contributed by atoms with Crippen LogP contribution in [0.2, 0.25) is 5.02 Å². The lowest BCUT2D eigenvalue weighted by Crippen LogP contribution is -2.29. The van der Waals surface area contributed by atoms with Gasteiger partial charge in [-0.1, -0.05) is 22.9 Å². The minimum Gasteiger partial charge on any atom is -0.495 e. The molecule has 0 bridgehead atoms. The monoisotopic (exact) mass is 367 g/mol. The molecule has 0 saturated carbocycles. The van der Waals surface area contributed by atoms with E-state index in [4.69, 9.17) is 16.3 Å². The van der Waals surface area contributed by atoms with Gasteiger partial charge in [0.25, 0.3) is 0 Å². The fourth-order valence-electron chi connectivity index (χ4n) is 2.51. The number of ether oxygens (including phenoxy) is 1. The predicted octanol–water partition coefficient (Wildman–Crippen LogP) is 3.83. The second-order valence-corrected chi connectivity index (χ2v) is 6.75. The van der Waals surface area contributed by atoms with Crippen LogP contribution in [0.5, 0.6) is 5.75 Å². The summed E-state index contributed by atoms with van der Waals surface area (Å²) in [5, 5.41) is 15.4. The number of urea groups is 1. The van der Waals surface area contributed by atoms with Crippen molar-refractivity contribution >= 4 is 44.9 Å². The highest BCUT2D eigenvalue weighted by atomic mass is 35.5. The summed E-state index contributed by atoms with van der Waals surface area (Å²) in [6.45, 7) is 1.97. The molecule has 128 valence electrons. The molecule has 2 heterocycles. The van der Waals surface area contributed by atoms with Crippen LogP contribution in [0.3, 0.4) is 0 Å². The average Bonchev–Trinajstić information content (AvgIpc) is 3.04. The SMILES string of the molecule is COc1ccc(Cl)cc1NC(=O)Nc1nnc(N2CCCCC2)s1. The molecule has 0 radical (unpaired) electrons. The number of nitrogens with one attached hydrogen (secondary N) is 2. The molecule has 0 unspecified atom stereocenters. The molecule has 1 fully saturated rings. The van der Waals surface area contributed by atoms with Crippen LogP contribution >= 0.6 is 22.9 Å². The van der Waals surface area contributed by atoms with E-state index in [1.165, 1.54) is 24.9 Å². The normalized spacial score (nSPS) is 14.3. The summed E-state index contributed by atoms with van der Waals surface area (Å²) < 4.78 is 5.20. The fraction of sp³-hybridized carbons (Fsp3) is 0.400. The Labute approximate surface area is 149 Å². The molecule has 1 aliphatic rings. The Bertz CT molecular complexity index is 718. The number of halogens is 1. The first-order chi connectivity index (χ1) is 11.7. The molecular weight excluding hydrogens is 350 g/mol. The van der Waals surface area contributed by atoms with Crippen molar-refractivity contribution in [3.05, 3.63) is 23.2 Å². The molecule has 1 saturated heterocycles. The minimum atomic E-state index is -0.420. The summed E-state index contributed by atoms with van der Waals surface area (Å²) in [6.07, 6.45) is 3.58. The number of hydrogen-bond donors (Lipinski definition) is 2. The Balaban J connectivity index is 1.63. The largest absolute Gasteiger partial charge is 0.495 e. The number of carbonyl (C=O) groups is 1. The summed E-state index contributed by atoms with van der Waals surface area (Å²) in [5.74, 6) is 0.529. The predicted molar refractivity (Wildman–Crippen MR) is 96.6 cm³/mol. The maximum Gasteiger partial charge on any atom is 0.325 e. The molecule has 1 aromatic heterocycles. The van der Waals surface area contributed by atoms with Gasteiger partial charge in [0.2, 0.25) is 10.3 Å². The number of amides is 2. The van der Waals surface area contributed by atoms with Crippen LogP contribution in [0.15, 0.2) is 18.2 Å². The van der Waals surface area contributed by atoms with Crippen molar-refractivity contribution in [2.24, 2.45) is 0 Å². The highest BCUT2D eigenvalue weighted by molar-refractivity contribution is 7.19. The van der Waals surface area contributed by atoms with Gasteiger partial charge in [0.15, 0.2) is 0 Å². The third-order valence-electron chi connectivity index (χ3n) is 3.67. The fourth-order valence-corrected chi connectivity index (χ4v) is 3.47. The van der Waals surface area contributed by atoms with Crippen LogP contribution in [-0.4, -0.2) is 36.4 Å². The van der Waals surface area contributed by atoms with Gasteiger partial charge in [-0.2, -0.15) is 0 Å². The molecule has 0 atom stereocenters. The van der Waals surface area contributed by atoms with Crippen molar-refractivity contribution in [2.75, 3.05) is 35.7 Å². The maximum atomic E-state index is 12.2. The zero-order valence-electron chi connectivity index (χ0n) is 13.2. The maximum absolute atomic E-state index is 12.2. The standard InChI is InChI=1S/C15H18ClN5O2S/c1-23-12-6-5-10(16)9-11(12)17-13(22)18-14-19-20-15(24-14)21-7-3-2-4-8-21/h5-6,9H,2-4,7-8H2,1H3,(H2,17,18,19,22). The number of hydrogen-bond acceptors (Lipinski definition) is 6. The molecule has 1 aliphatic heterocycles. The number of benzene rings is 1. The van der Waals surface area contributed by atoms with Gasteiger partial charge < -0.3 is 15.0 Å². The lowest BCUT2D eigenvalue weighted by molar-refractivity contribution is 0.262. The Morgan fingerprint density at radius 3 is 2.79 bits per heavy atom. The van der Waals surface area contributed by atoms with Crippen LogP contribution in [0.1, 0.15) is 19.3 Å². The molecule has 9 heteroatoms. The number of nitrogens with zero attached hydrogens (tertiary/aromatic N) is 3. The smallest absolute Gasteiger partial charge is 0.325 e. The highest BCUT2D eigenvalue weighted by Gasteiger charge is 2.17. The minimum absolute atomic E-state index is 0.420. The van der Waals surface area contributed by atoms with E-state index in [1.54, 1.807) is 18.2 Å². The van der Waals surface area contributed by atoms with Gasteiger partial charge in [0, 0.05) is 18.1 Å². The van der Waals surface area contributed by atoms with Crippen LogP contribution in [0, 0.1) is 0 Å². The lowest BCUT2D eigenvalue weighted by atomic mass is 10.1. The summed E-state index contributed by atoms with van der Waals surface area (Å²) in [6, 6.07) is 4.59. The van der Waals surface area contributed by atoms with E-state index in [2.05, 4.69) is 25.7 Å². The van der Waals surface area contributed by atoms with E-state index in [-0.39, 0.29) is 0 Å². The number of aromatic nitrogens is 2. The van der Waals surface area contributed by atoms with E-state index < -0.39 is 6.03 Å². The van der Waals surface area contributed by atoms with Gasteiger partial charge in [0.05, 0.1) is 12.8 Å². The zero-order chi connectivity index (χ0) is 16.9. The molecule has 24 heavy (non-hydrogen) atoms. The Hall–Kier alpha value is -2.06. The van der Waals surface area contributed by atoms with E-state index >= 15 is 0 Å². The first kappa shape index (κ1) is 16.8. The number of methoxy groups -OCH3 is 1. The molecule has 2 aromatic rings.